The van der Waals surface area contributed by atoms with E-state index in [2.05, 4.69) is 14.9 Å². The van der Waals surface area contributed by atoms with E-state index in [0.29, 0.717) is 17.9 Å². The molecule has 1 aromatic carbocycles. The Hall–Kier alpha value is -0.570. The van der Waals surface area contributed by atoms with E-state index in [1.165, 1.54) is 7.11 Å². The summed E-state index contributed by atoms with van der Waals surface area (Å²) in [5.74, 6) is 0.400. The van der Waals surface area contributed by atoms with Crippen LogP contribution in [0.1, 0.15) is 17.5 Å². The van der Waals surface area contributed by atoms with E-state index in [4.69, 9.17) is 4.74 Å². The number of nitrogens with zero attached hydrogens (tertiary/aromatic N) is 1. The lowest BCUT2D eigenvalue weighted by molar-refractivity contribution is 0.239. The Morgan fingerprint density at radius 2 is 1.84 bits per heavy atom. The number of methoxy groups -OCH3 is 1. The van der Waals surface area contributed by atoms with Gasteiger partial charge in [-0.05, 0) is 44.0 Å². The van der Waals surface area contributed by atoms with Crippen LogP contribution in [0.3, 0.4) is 0 Å². The molecule has 0 radical (unpaired) electrons. The van der Waals surface area contributed by atoms with Crippen LogP contribution in [0.5, 0.6) is 5.75 Å². The second-order valence-electron chi connectivity index (χ2n) is 5.96. The van der Waals surface area contributed by atoms with Crippen LogP contribution in [-0.2, 0) is 10.0 Å². The van der Waals surface area contributed by atoms with Crippen LogP contribution in [-0.4, -0.2) is 59.7 Å². The van der Waals surface area contributed by atoms with Crippen molar-refractivity contribution in [1.29, 1.82) is 0 Å². The summed E-state index contributed by atoms with van der Waals surface area (Å²) < 4.78 is 33.1. The standard InChI is InChI=1S/C16H27N3O3S.2ClH/c1-13-11-14(2)16(15(12-13)22-3)23(20,21)18-5-4-8-19-9-6-17-7-10-19;;/h11-12,17-18H,4-10H2,1-3H3;2*1H. The van der Waals surface area contributed by atoms with Gasteiger partial charge in [-0.25, -0.2) is 13.1 Å². The molecule has 1 saturated heterocycles. The molecule has 2 rings (SSSR count). The molecule has 0 unspecified atom stereocenters. The van der Waals surface area contributed by atoms with Gasteiger partial charge in [0.15, 0.2) is 0 Å². The van der Waals surface area contributed by atoms with Crippen molar-refractivity contribution in [3.8, 4) is 5.75 Å². The minimum Gasteiger partial charge on any atom is -0.495 e. The molecule has 6 nitrogen and oxygen atoms in total. The zero-order valence-corrected chi connectivity index (χ0v) is 17.5. The number of aryl methyl sites for hydroxylation is 2. The van der Waals surface area contributed by atoms with Gasteiger partial charge in [-0.1, -0.05) is 6.07 Å². The molecular weight excluding hydrogens is 385 g/mol. The molecule has 0 saturated carbocycles. The van der Waals surface area contributed by atoms with E-state index < -0.39 is 10.0 Å². The maximum atomic E-state index is 12.6. The van der Waals surface area contributed by atoms with E-state index in [1.54, 1.807) is 13.0 Å². The third kappa shape index (κ3) is 6.92. The first-order chi connectivity index (χ1) is 10.9. The summed E-state index contributed by atoms with van der Waals surface area (Å²) in [6, 6.07) is 3.61. The van der Waals surface area contributed by atoms with Crippen LogP contribution >= 0.6 is 24.8 Å². The fourth-order valence-corrected chi connectivity index (χ4v) is 4.37. The zero-order chi connectivity index (χ0) is 16.9. The first-order valence-corrected chi connectivity index (χ1v) is 9.50. The number of ether oxygens (including phenoxy) is 1. The number of rotatable bonds is 7. The van der Waals surface area contributed by atoms with Gasteiger partial charge in [-0.2, -0.15) is 0 Å². The van der Waals surface area contributed by atoms with Crippen LogP contribution in [0.25, 0.3) is 0 Å². The normalized spacial score (nSPS) is 15.2. The Morgan fingerprint density at radius 1 is 1.20 bits per heavy atom. The van der Waals surface area contributed by atoms with Crippen LogP contribution in [0, 0.1) is 13.8 Å². The first-order valence-electron chi connectivity index (χ1n) is 8.02. The summed E-state index contributed by atoms with van der Waals surface area (Å²) in [7, 11) is -2.06. The molecule has 9 heteroatoms. The van der Waals surface area contributed by atoms with Crippen molar-refractivity contribution in [2.75, 3.05) is 46.4 Å². The molecule has 0 aromatic heterocycles. The molecule has 0 atom stereocenters. The maximum absolute atomic E-state index is 12.6. The van der Waals surface area contributed by atoms with Crippen molar-refractivity contribution in [1.82, 2.24) is 14.9 Å². The summed E-state index contributed by atoms with van der Waals surface area (Å²) in [6.07, 6.45) is 0.798. The van der Waals surface area contributed by atoms with Crippen LogP contribution in [0.2, 0.25) is 0 Å². The van der Waals surface area contributed by atoms with Gasteiger partial charge in [0.05, 0.1) is 7.11 Å². The molecule has 1 aromatic rings. The molecule has 0 amide bonds. The van der Waals surface area contributed by atoms with E-state index in [9.17, 15) is 8.42 Å². The van der Waals surface area contributed by atoms with Crippen molar-refractivity contribution in [2.24, 2.45) is 0 Å². The Morgan fingerprint density at radius 3 is 2.44 bits per heavy atom. The number of piperazine rings is 1. The van der Waals surface area contributed by atoms with Gasteiger partial charge in [-0.3, -0.25) is 0 Å². The van der Waals surface area contributed by atoms with E-state index >= 15 is 0 Å². The van der Waals surface area contributed by atoms with Gasteiger partial charge in [0, 0.05) is 32.7 Å². The number of nitrogens with one attached hydrogen (secondary N) is 2. The Balaban J connectivity index is 0.00000288. The molecular formula is C16H29Cl2N3O3S. The summed E-state index contributed by atoms with van der Waals surface area (Å²) in [5.41, 5.74) is 1.69. The molecule has 146 valence electrons. The number of hydrogen-bond acceptors (Lipinski definition) is 5. The summed E-state index contributed by atoms with van der Waals surface area (Å²) >= 11 is 0. The predicted octanol–water partition coefficient (Wildman–Crippen LogP) is 1.73. The maximum Gasteiger partial charge on any atom is 0.244 e. The van der Waals surface area contributed by atoms with Crippen LogP contribution in [0.15, 0.2) is 17.0 Å². The molecule has 0 bridgehead atoms. The zero-order valence-electron chi connectivity index (χ0n) is 15.0. The van der Waals surface area contributed by atoms with E-state index in [-0.39, 0.29) is 29.7 Å². The van der Waals surface area contributed by atoms with Gasteiger partial charge in [0.25, 0.3) is 0 Å². The highest BCUT2D eigenvalue weighted by atomic mass is 35.5. The lowest BCUT2D eigenvalue weighted by atomic mass is 10.1. The van der Waals surface area contributed by atoms with Gasteiger partial charge in [-0.15, -0.1) is 24.8 Å². The highest BCUT2D eigenvalue weighted by molar-refractivity contribution is 7.89. The molecule has 0 aliphatic carbocycles. The highest BCUT2D eigenvalue weighted by Crippen LogP contribution is 2.28. The predicted molar refractivity (Wildman–Crippen MR) is 106 cm³/mol. The summed E-state index contributed by atoms with van der Waals surface area (Å²) in [6.45, 7) is 9.13. The largest absolute Gasteiger partial charge is 0.495 e. The van der Waals surface area contributed by atoms with Gasteiger partial charge >= 0.3 is 0 Å². The molecule has 1 aliphatic rings. The lowest BCUT2D eigenvalue weighted by Gasteiger charge is -2.27. The molecule has 1 heterocycles. The van der Waals surface area contributed by atoms with E-state index in [1.807, 2.05) is 13.0 Å². The number of sulfonamides is 1. The number of benzene rings is 1. The minimum absolute atomic E-state index is 0. The van der Waals surface area contributed by atoms with Gasteiger partial charge < -0.3 is 15.0 Å². The second-order valence-corrected chi connectivity index (χ2v) is 7.66. The number of hydrogen-bond donors (Lipinski definition) is 2. The third-order valence-electron chi connectivity index (χ3n) is 4.03. The Kier molecular flexibility index (Phi) is 11.0. The van der Waals surface area contributed by atoms with Crippen molar-refractivity contribution >= 4 is 34.8 Å². The quantitative estimate of drug-likeness (QED) is 0.665. The second kappa shape index (κ2) is 11.2. The summed E-state index contributed by atoms with van der Waals surface area (Å²) in [4.78, 5) is 2.59. The fourth-order valence-electron chi connectivity index (χ4n) is 2.93. The topological polar surface area (TPSA) is 70.7 Å². The Labute approximate surface area is 163 Å². The monoisotopic (exact) mass is 413 g/mol. The van der Waals surface area contributed by atoms with Crippen molar-refractivity contribution in [3.63, 3.8) is 0 Å². The molecule has 2 N–H and O–H groups in total. The van der Waals surface area contributed by atoms with Crippen molar-refractivity contribution in [2.45, 2.75) is 25.2 Å². The van der Waals surface area contributed by atoms with Gasteiger partial charge in [0.1, 0.15) is 10.6 Å². The average Bonchev–Trinajstić information content (AvgIpc) is 2.51. The average molecular weight is 414 g/mol. The summed E-state index contributed by atoms with van der Waals surface area (Å²) in [5, 5.41) is 3.31. The van der Waals surface area contributed by atoms with Crippen LogP contribution < -0.4 is 14.8 Å². The van der Waals surface area contributed by atoms with Crippen molar-refractivity contribution in [3.05, 3.63) is 23.3 Å². The van der Waals surface area contributed by atoms with E-state index in [0.717, 1.165) is 44.7 Å². The van der Waals surface area contributed by atoms with Crippen molar-refractivity contribution < 1.29 is 13.2 Å². The third-order valence-corrected chi connectivity index (χ3v) is 5.67. The lowest BCUT2D eigenvalue weighted by Crippen LogP contribution is -2.44. The Bertz CT molecular complexity index is 636. The number of halogens is 2. The molecule has 1 aliphatic heterocycles. The molecule has 1 fully saturated rings. The highest BCUT2D eigenvalue weighted by Gasteiger charge is 2.22. The molecule has 0 spiro atoms. The minimum atomic E-state index is -3.56. The fraction of sp³-hybridized carbons (Fsp3) is 0.625. The SMILES string of the molecule is COc1cc(C)cc(C)c1S(=O)(=O)NCCCN1CCNCC1.Cl.Cl. The smallest absolute Gasteiger partial charge is 0.244 e. The first kappa shape index (κ1) is 24.4. The van der Waals surface area contributed by atoms with Gasteiger partial charge in [0.2, 0.25) is 10.0 Å². The van der Waals surface area contributed by atoms with Crippen LogP contribution in [0.4, 0.5) is 0 Å². The molecule has 25 heavy (non-hydrogen) atoms.